The minimum absolute atomic E-state index is 0.0567. The molecular weight excluding hydrogens is 316 g/mol. The number of rotatable bonds is 5. The molecule has 5 nitrogen and oxygen atoms in total. The summed E-state index contributed by atoms with van der Waals surface area (Å²) in [5.74, 6) is -0.580. The first-order valence-electron chi connectivity index (χ1n) is 9.07. The predicted molar refractivity (Wildman–Crippen MR) is 97.7 cm³/mol. The van der Waals surface area contributed by atoms with Gasteiger partial charge < -0.3 is 15.0 Å². The number of carboxylic acids is 1. The van der Waals surface area contributed by atoms with Crippen molar-refractivity contribution in [3.8, 4) is 0 Å². The Kier molecular flexibility index (Phi) is 5.11. The average molecular weight is 342 g/mol. The van der Waals surface area contributed by atoms with Gasteiger partial charge >= 0.3 is 5.97 Å². The van der Waals surface area contributed by atoms with Crippen LogP contribution in [0.5, 0.6) is 0 Å². The summed E-state index contributed by atoms with van der Waals surface area (Å²) in [6.45, 7) is 4.87. The summed E-state index contributed by atoms with van der Waals surface area (Å²) in [6.07, 6.45) is 5.21. The van der Waals surface area contributed by atoms with Crippen molar-refractivity contribution in [3.05, 3.63) is 36.0 Å². The maximum Gasteiger partial charge on any atom is 0.306 e. The van der Waals surface area contributed by atoms with Crippen LogP contribution in [-0.2, 0) is 4.79 Å². The Morgan fingerprint density at radius 1 is 1.20 bits per heavy atom. The molecule has 0 saturated heterocycles. The number of carbonyl (C=O) groups is 2. The van der Waals surface area contributed by atoms with E-state index in [2.05, 4.69) is 36.0 Å². The third-order valence-corrected chi connectivity index (χ3v) is 5.29. The molecule has 1 aliphatic carbocycles. The Hall–Kier alpha value is -2.30. The van der Waals surface area contributed by atoms with E-state index in [1.54, 1.807) is 0 Å². The summed E-state index contributed by atoms with van der Waals surface area (Å²) in [5.41, 5.74) is 1.75. The van der Waals surface area contributed by atoms with Crippen molar-refractivity contribution >= 4 is 22.8 Å². The van der Waals surface area contributed by atoms with Gasteiger partial charge in [0, 0.05) is 29.9 Å². The van der Waals surface area contributed by atoms with Gasteiger partial charge in [-0.3, -0.25) is 9.59 Å². The predicted octanol–water partition coefficient (Wildman–Crippen LogP) is 3.84. The van der Waals surface area contributed by atoms with Crippen molar-refractivity contribution in [2.45, 2.75) is 45.6 Å². The van der Waals surface area contributed by atoms with Gasteiger partial charge in [0.1, 0.15) is 0 Å². The smallest absolute Gasteiger partial charge is 0.306 e. The Morgan fingerprint density at radius 3 is 2.56 bits per heavy atom. The molecule has 0 radical (unpaired) electrons. The number of aromatic nitrogens is 1. The van der Waals surface area contributed by atoms with Gasteiger partial charge in [-0.2, -0.15) is 0 Å². The number of hydrogen-bond donors (Lipinski definition) is 2. The third-order valence-electron chi connectivity index (χ3n) is 5.29. The highest BCUT2D eigenvalue weighted by molar-refractivity contribution is 5.98. The van der Waals surface area contributed by atoms with Crippen LogP contribution in [-0.4, -0.2) is 28.1 Å². The van der Waals surface area contributed by atoms with Gasteiger partial charge in [0.25, 0.3) is 5.91 Å². The van der Waals surface area contributed by atoms with E-state index in [1.165, 1.54) is 0 Å². The molecule has 5 heteroatoms. The largest absolute Gasteiger partial charge is 0.481 e. The Bertz CT molecular complexity index is 770. The summed E-state index contributed by atoms with van der Waals surface area (Å²) >= 11 is 0. The van der Waals surface area contributed by atoms with E-state index in [0.717, 1.165) is 23.7 Å². The third kappa shape index (κ3) is 3.86. The highest BCUT2D eigenvalue weighted by Crippen LogP contribution is 2.28. The second-order valence-corrected chi connectivity index (χ2v) is 7.36. The molecule has 1 aliphatic rings. The molecule has 1 aromatic carbocycles. The van der Waals surface area contributed by atoms with E-state index in [9.17, 15) is 9.59 Å². The molecule has 3 rings (SSSR count). The fraction of sp³-hybridized carbons (Fsp3) is 0.500. The van der Waals surface area contributed by atoms with Crippen LogP contribution >= 0.6 is 0 Å². The topological polar surface area (TPSA) is 71.3 Å². The van der Waals surface area contributed by atoms with Crippen molar-refractivity contribution in [2.24, 2.45) is 11.8 Å². The van der Waals surface area contributed by atoms with Crippen molar-refractivity contribution in [1.29, 1.82) is 0 Å². The minimum atomic E-state index is -0.691. The molecule has 0 unspecified atom stereocenters. The SMILES string of the molecule is CC(C)n1ccc2ccc(C(=O)NCC3CCC(C(=O)O)CC3)cc21. The number of amides is 1. The molecule has 2 aromatic rings. The number of benzene rings is 1. The van der Waals surface area contributed by atoms with Crippen LogP contribution in [0.2, 0.25) is 0 Å². The second kappa shape index (κ2) is 7.30. The van der Waals surface area contributed by atoms with Gasteiger partial charge in [-0.15, -0.1) is 0 Å². The van der Waals surface area contributed by atoms with Crippen molar-refractivity contribution < 1.29 is 14.7 Å². The lowest BCUT2D eigenvalue weighted by Gasteiger charge is -2.26. The summed E-state index contributed by atoms with van der Waals surface area (Å²) in [4.78, 5) is 23.5. The number of carboxylic acid groups (broad SMARTS) is 1. The molecule has 2 N–H and O–H groups in total. The normalized spacial score (nSPS) is 20.8. The average Bonchev–Trinajstić information content (AvgIpc) is 3.03. The van der Waals surface area contributed by atoms with Gasteiger partial charge in [-0.25, -0.2) is 0 Å². The number of nitrogens with zero attached hydrogens (tertiary/aromatic N) is 1. The fourth-order valence-electron chi connectivity index (χ4n) is 3.69. The summed E-state index contributed by atoms with van der Waals surface area (Å²) in [5, 5.41) is 13.2. The van der Waals surface area contributed by atoms with Crippen LogP contribution in [0.4, 0.5) is 0 Å². The quantitative estimate of drug-likeness (QED) is 0.867. The summed E-state index contributed by atoms with van der Waals surface area (Å²) < 4.78 is 2.17. The van der Waals surface area contributed by atoms with E-state index >= 15 is 0 Å². The van der Waals surface area contributed by atoms with Crippen LogP contribution in [0.3, 0.4) is 0 Å². The fourth-order valence-corrected chi connectivity index (χ4v) is 3.69. The highest BCUT2D eigenvalue weighted by Gasteiger charge is 2.26. The van der Waals surface area contributed by atoms with Crippen LogP contribution < -0.4 is 5.32 Å². The van der Waals surface area contributed by atoms with Gasteiger partial charge in [0.15, 0.2) is 0 Å². The Labute approximate surface area is 148 Å². The summed E-state index contributed by atoms with van der Waals surface area (Å²) in [6, 6.07) is 8.22. The van der Waals surface area contributed by atoms with Gasteiger partial charge in [0.05, 0.1) is 5.92 Å². The number of nitrogens with one attached hydrogen (secondary N) is 1. The van der Waals surface area contributed by atoms with Crippen molar-refractivity contribution in [3.63, 3.8) is 0 Å². The van der Waals surface area contributed by atoms with Gasteiger partial charge in [-0.05, 0) is 69.0 Å². The molecule has 1 saturated carbocycles. The van der Waals surface area contributed by atoms with E-state index in [-0.39, 0.29) is 11.8 Å². The zero-order valence-corrected chi connectivity index (χ0v) is 14.9. The van der Waals surface area contributed by atoms with Crippen LogP contribution in [0.1, 0.15) is 55.9 Å². The van der Waals surface area contributed by atoms with E-state index in [0.29, 0.717) is 36.9 Å². The maximum atomic E-state index is 12.5. The van der Waals surface area contributed by atoms with Crippen LogP contribution in [0.15, 0.2) is 30.5 Å². The molecule has 1 fully saturated rings. The molecule has 1 heterocycles. The lowest BCUT2D eigenvalue weighted by molar-refractivity contribution is -0.143. The maximum absolute atomic E-state index is 12.5. The zero-order chi connectivity index (χ0) is 18.0. The molecule has 0 bridgehead atoms. The van der Waals surface area contributed by atoms with Crippen molar-refractivity contribution in [1.82, 2.24) is 9.88 Å². The number of carbonyl (C=O) groups excluding carboxylic acids is 1. The van der Waals surface area contributed by atoms with E-state index in [4.69, 9.17) is 5.11 Å². The molecule has 1 amide bonds. The lowest BCUT2D eigenvalue weighted by atomic mass is 9.82. The Morgan fingerprint density at radius 2 is 1.92 bits per heavy atom. The number of hydrogen-bond acceptors (Lipinski definition) is 2. The number of aliphatic carboxylic acids is 1. The van der Waals surface area contributed by atoms with Crippen molar-refractivity contribution in [2.75, 3.05) is 6.54 Å². The Balaban J connectivity index is 1.61. The lowest BCUT2D eigenvalue weighted by Crippen LogP contribution is -2.32. The van der Waals surface area contributed by atoms with E-state index < -0.39 is 5.97 Å². The molecule has 0 spiro atoms. The van der Waals surface area contributed by atoms with Crippen LogP contribution in [0.25, 0.3) is 10.9 Å². The highest BCUT2D eigenvalue weighted by atomic mass is 16.4. The van der Waals surface area contributed by atoms with Gasteiger partial charge in [-0.1, -0.05) is 6.07 Å². The zero-order valence-electron chi connectivity index (χ0n) is 14.9. The molecule has 134 valence electrons. The molecule has 25 heavy (non-hydrogen) atoms. The first-order valence-corrected chi connectivity index (χ1v) is 9.07. The monoisotopic (exact) mass is 342 g/mol. The minimum Gasteiger partial charge on any atom is -0.481 e. The molecule has 0 aliphatic heterocycles. The van der Waals surface area contributed by atoms with Crippen LogP contribution in [0, 0.1) is 11.8 Å². The van der Waals surface area contributed by atoms with E-state index in [1.807, 2.05) is 18.2 Å². The molecular formula is C20H26N2O3. The summed E-state index contributed by atoms with van der Waals surface area (Å²) in [7, 11) is 0. The first kappa shape index (κ1) is 17.5. The standard InChI is InChI=1S/C20H26N2O3/c1-13(2)22-10-9-15-7-8-17(11-18(15)22)19(23)21-12-14-3-5-16(6-4-14)20(24)25/h7-11,13-14,16H,3-6,12H2,1-2H3,(H,21,23)(H,24,25). The molecule has 0 atom stereocenters. The molecule has 1 aromatic heterocycles. The first-order chi connectivity index (χ1) is 12.0. The second-order valence-electron chi connectivity index (χ2n) is 7.36. The van der Waals surface area contributed by atoms with Gasteiger partial charge in [0.2, 0.25) is 0 Å². The number of fused-ring (bicyclic) bond motifs is 1.